The van der Waals surface area contributed by atoms with Crippen molar-refractivity contribution in [1.82, 2.24) is 10.2 Å². The van der Waals surface area contributed by atoms with E-state index in [2.05, 4.69) is 5.32 Å². The van der Waals surface area contributed by atoms with E-state index in [4.69, 9.17) is 4.74 Å². The first-order valence-electron chi connectivity index (χ1n) is 9.59. The van der Waals surface area contributed by atoms with E-state index in [0.717, 1.165) is 5.56 Å². The molecule has 0 spiro atoms. The first-order valence-corrected chi connectivity index (χ1v) is 9.59. The van der Waals surface area contributed by atoms with Crippen LogP contribution in [0.2, 0.25) is 0 Å². The van der Waals surface area contributed by atoms with E-state index in [1.54, 1.807) is 32.9 Å². The second-order valence-electron chi connectivity index (χ2n) is 7.85. The maximum Gasteiger partial charge on any atom is 0.411 e. The molecule has 0 saturated carbocycles. The topological polar surface area (TPSA) is 102 Å². The minimum absolute atomic E-state index is 0.0384. The van der Waals surface area contributed by atoms with Crippen molar-refractivity contribution in [1.29, 1.82) is 0 Å². The van der Waals surface area contributed by atoms with E-state index in [1.165, 1.54) is 24.1 Å². The van der Waals surface area contributed by atoms with Crippen LogP contribution in [0.1, 0.15) is 31.9 Å². The number of nitro benzene ring substituents is 1. The number of nitro groups is 1. The van der Waals surface area contributed by atoms with Gasteiger partial charge in [0.2, 0.25) is 5.91 Å². The van der Waals surface area contributed by atoms with Gasteiger partial charge in [0.1, 0.15) is 11.6 Å². The van der Waals surface area contributed by atoms with Gasteiger partial charge in [-0.05, 0) is 31.9 Å². The standard InChI is InChI=1S/C22H27N3O5/c1-22(2,3)30-21(27)24(15-17-8-6-5-7-9-17)19(20(26)23-4)14-16-10-12-18(13-11-16)25(28)29/h5-13,19H,14-15H2,1-4H3,(H,23,26). The molecule has 2 amide bonds. The van der Waals surface area contributed by atoms with E-state index in [1.807, 2.05) is 30.3 Å². The summed E-state index contributed by atoms with van der Waals surface area (Å²) in [6.45, 7) is 5.46. The minimum Gasteiger partial charge on any atom is -0.444 e. The van der Waals surface area contributed by atoms with Crippen LogP contribution in [0, 0.1) is 10.1 Å². The number of ether oxygens (including phenoxy) is 1. The number of hydrogen-bond acceptors (Lipinski definition) is 5. The van der Waals surface area contributed by atoms with Crippen LogP contribution in [0.25, 0.3) is 0 Å². The highest BCUT2D eigenvalue weighted by Gasteiger charge is 2.33. The summed E-state index contributed by atoms with van der Waals surface area (Å²) in [6.07, 6.45) is -0.425. The van der Waals surface area contributed by atoms with Gasteiger partial charge in [0.05, 0.1) is 4.92 Å². The Labute approximate surface area is 176 Å². The number of nitrogens with zero attached hydrogens (tertiary/aromatic N) is 2. The van der Waals surface area contributed by atoms with Crippen molar-refractivity contribution in [3.8, 4) is 0 Å². The molecule has 0 heterocycles. The Bertz CT molecular complexity index is 876. The van der Waals surface area contributed by atoms with Gasteiger partial charge >= 0.3 is 6.09 Å². The van der Waals surface area contributed by atoms with Crippen molar-refractivity contribution in [3.63, 3.8) is 0 Å². The van der Waals surface area contributed by atoms with E-state index >= 15 is 0 Å². The summed E-state index contributed by atoms with van der Waals surface area (Å²) in [5.74, 6) is -0.352. The zero-order valence-electron chi connectivity index (χ0n) is 17.6. The van der Waals surface area contributed by atoms with E-state index in [9.17, 15) is 19.7 Å². The van der Waals surface area contributed by atoms with E-state index in [-0.39, 0.29) is 24.6 Å². The molecule has 160 valence electrons. The average Bonchev–Trinajstić information content (AvgIpc) is 2.69. The molecule has 0 aliphatic carbocycles. The van der Waals surface area contributed by atoms with E-state index < -0.39 is 22.7 Å². The Morgan fingerprint density at radius 1 is 1.07 bits per heavy atom. The average molecular weight is 413 g/mol. The lowest BCUT2D eigenvalue weighted by Gasteiger charge is -2.33. The Morgan fingerprint density at radius 3 is 2.17 bits per heavy atom. The second-order valence-corrected chi connectivity index (χ2v) is 7.85. The molecular weight excluding hydrogens is 386 g/mol. The SMILES string of the molecule is CNC(=O)C(Cc1ccc([N+](=O)[O-])cc1)N(Cc1ccccc1)C(=O)OC(C)(C)C. The number of hydrogen-bond donors (Lipinski definition) is 1. The second kappa shape index (κ2) is 9.87. The lowest BCUT2D eigenvalue weighted by atomic mass is 10.0. The Morgan fingerprint density at radius 2 is 1.67 bits per heavy atom. The third kappa shape index (κ3) is 6.58. The monoisotopic (exact) mass is 413 g/mol. The normalized spacial score (nSPS) is 12.0. The van der Waals surface area contributed by atoms with Gasteiger partial charge in [0, 0.05) is 32.1 Å². The molecule has 0 fully saturated rings. The fraction of sp³-hybridized carbons (Fsp3) is 0.364. The van der Waals surface area contributed by atoms with Gasteiger partial charge in [-0.2, -0.15) is 0 Å². The molecule has 1 N–H and O–H groups in total. The lowest BCUT2D eigenvalue weighted by molar-refractivity contribution is -0.384. The molecule has 0 aromatic heterocycles. The molecule has 1 unspecified atom stereocenters. The van der Waals surface area contributed by atoms with Crippen LogP contribution in [0.5, 0.6) is 0 Å². The molecule has 2 rings (SSSR count). The van der Waals surface area contributed by atoms with Gasteiger partial charge in [-0.15, -0.1) is 0 Å². The van der Waals surface area contributed by atoms with Crippen molar-refractivity contribution >= 4 is 17.7 Å². The lowest BCUT2D eigenvalue weighted by Crippen LogP contribution is -2.51. The molecule has 1 atom stereocenters. The number of likely N-dealkylation sites (N-methyl/N-ethyl adjacent to an activating group) is 1. The number of benzene rings is 2. The number of nitrogens with one attached hydrogen (secondary N) is 1. The largest absolute Gasteiger partial charge is 0.444 e. The molecule has 2 aromatic rings. The van der Waals surface area contributed by atoms with Crippen molar-refractivity contribution in [3.05, 3.63) is 75.8 Å². The molecule has 2 aromatic carbocycles. The highest BCUT2D eigenvalue weighted by Crippen LogP contribution is 2.20. The quantitative estimate of drug-likeness (QED) is 0.551. The van der Waals surface area contributed by atoms with Crippen molar-refractivity contribution < 1.29 is 19.2 Å². The Hall–Kier alpha value is -3.42. The summed E-state index contributed by atoms with van der Waals surface area (Å²) in [5, 5.41) is 13.5. The van der Waals surface area contributed by atoms with Crippen LogP contribution in [0.4, 0.5) is 10.5 Å². The number of carbonyl (C=O) groups is 2. The first-order chi connectivity index (χ1) is 14.1. The first kappa shape index (κ1) is 22.9. The maximum atomic E-state index is 13.0. The van der Waals surface area contributed by atoms with Gasteiger partial charge in [-0.1, -0.05) is 42.5 Å². The maximum absolute atomic E-state index is 13.0. The van der Waals surface area contributed by atoms with Gasteiger partial charge in [0.25, 0.3) is 5.69 Å². The molecule has 0 aliphatic rings. The number of rotatable bonds is 7. The summed E-state index contributed by atoms with van der Waals surface area (Å²) in [6, 6.07) is 14.4. The van der Waals surface area contributed by atoms with Crippen LogP contribution < -0.4 is 5.32 Å². The third-order valence-corrected chi connectivity index (χ3v) is 4.33. The minimum atomic E-state index is -0.855. The molecule has 30 heavy (non-hydrogen) atoms. The third-order valence-electron chi connectivity index (χ3n) is 4.33. The summed E-state index contributed by atoms with van der Waals surface area (Å²) in [4.78, 5) is 37.5. The predicted molar refractivity (Wildman–Crippen MR) is 113 cm³/mol. The summed E-state index contributed by atoms with van der Waals surface area (Å²) < 4.78 is 5.55. The smallest absolute Gasteiger partial charge is 0.411 e. The molecule has 0 aliphatic heterocycles. The molecule has 0 saturated heterocycles. The van der Waals surface area contributed by atoms with Gasteiger partial charge in [-0.25, -0.2) is 4.79 Å². The Balaban J connectivity index is 2.37. The highest BCUT2D eigenvalue weighted by molar-refractivity contribution is 5.85. The number of non-ortho nitro benzene ring substituents is 1. The van der Waals surface area contributed by atoms with Crippen LogP contribution >= 0.6 is 0 Å². The summed E-state index contributed by atoms with van der Waals surface area (Å²) in [7, 11) is 1.50. The fourth-order valence-corrected chi connectivity index (χ4v) is 2.89. The fourth-order valence-electron chi connectivity index (χ4n) is 2.89. The zero-order valence-corrected chi connectivity index (χ0v) is 17.6. The molecule has 0 radical (unpaired) electrons. The molecular formula is C22H27N3O5. The van der Waals surface area contributed by atoms with Crippen molar-refractivity contribution in [2.24, 2.45) is 0 Å². The van der Waals surface area contributed by atoms with Crippen LogP contribution in [0.15, 0.2) is 54.6 Å². The van der Waals surface area contributed by atoms with Crippen LogP contribution in [-0.4, -0.2) is 40.5 Å². The van der Waals surface area contributed by atoms with Crippen LogP contribution in [0.3, 0.4) is 0 Å². The number of carbonyl (C=O) groups excluding carboxylic acids is 2. The van der Waals surface area contributed by atoms with Gasteiger partial charge in [0.15, 0.2) is 0 Å². The molecule has 0 bridgehead atoms. The predicted octanol–water partition coefficient (Wildman–Crippen LogP) is 3.69. The summed E-state index contributed by atoms with van der Waals surface area (Å²) in [5.41, 5.74) is 0.771. The summed E-state index contributed by atoms with van der Waals surface area (Å²) >= 11 is 0. The number of amides is 2. The van der Waals surface area contributed by atoms with Gasteiger partial charge in [-0.3, -0.25) is 19.8 Å². The van der Waals surface area contributed by atoms with E-state index in [0.29, 0.717) is 5.56 Å². The Kier molecular flexibility index (Phi) is 7.52. The van der Waals surface area contributed by atoms with Crippen molar-refractivity contribution in [2.75, 3.05) is 7.05 Å². The highest BCUT2D eigenvalue weighted by atomic mass is 16.6. The molecule has 8 heteroatoms. The van der Waals surface area contributed by atoms with Crippen LogP contribution in [-0.2, 0) is 22.5 Å². The molecule has 8 nitrogen and oxygen atoms in total. The van der Waals surface area contributed by atoms with Gasteiger partial charge < -0.3 is 10.1 Å². The zero-order chi connectivity index (χ0) is 22.3. The van der Waals surface area contributed by atoms with Crippen molar-refractivity contribution in [2.45, 2.75) is 45.4 Å².